The van der Waals surface area contributed by atoms with Gasteiger partial charge in [-0.15, -0.1) is 0 Å². The Balaban J connectivity index is 2.37. The van der Waals surface area contributed by atoms with E-state index < -0.39 is 21.8 Å². The van der Waals surface area contributed by atoms with Gasteiger partial charge in [0.15, 0.2) is 6.29 Å². The lowest BCUT2D eigenvalue weighted by atomic mass is 10.7. The zero-order valence-corrected chi connectivity index (χ0v) is 8.25. The van der Waals surface area contributed by atoms with Crippen LogP contribution in [0.2, 0.25) is 0 Å². The predicted octanol–water partition coefficient (Wildman–Crippen LogP) is -0.0479. The van der Waals surface area contributed by atoms with Gasteiger partial charge in [-0.3, -0.25) is 4.57 Å². The van der Waals surface area contributed by atoms with Crippen LogP contribution in [-0.2, 0) is 9.30 Å². The number of ether oxygens (including phenoxy) is 1. The summed E-state index contributed by atoms with van der Waals surface area (Å²) in [5.74, 6) is -0.0806. The van der Waals surface area contributed by atoms with Gasteiger partial charge in [0.05, 0.1) is 12.5 Å². The van der Waals surface area contributed by atoms with Crippen molar-refractivity contribution in [3.8, 4) is 0 Å². The Bertz CT molecular complexity index is 190. The first-order chi connectivity index (χ1) is 5.47. The molecule has 1 rings (SSSR count). The maximum Gasteiger partial charge on any atom is 0.329 e. The molecule has 5 nitrogen and oxygen atoms in total. The van der Waals surface area contributed by atoms with Gasteiger partial charge >= 0.3 is 7.60 Å². The van der Waals surface area contributed by atoms with Gasteiger partial charge < -0.3 is 19.6 Å². The number of aliphatic hydroxyl groups is 1. The van der Waals surface area contributed by atoms with Gasteiger partial charge in [-0.25, -0.2) is 0 Å². The van der Waals surface area contributed by atoms with E-state index in [0.29, 0.717) is 18.9 Å². The highest BCUT2D eigenvalue weighted by Gasteiger charge is 2.26. The SMILES string of the molecule is O=P(O)(O)CP1CCOC(O)C1. The van der Waals surface area contributed by atoms with Crippen molar-refractivity contribution in [1.82, 2.24) is 0 Å². The summed E-state index contributed by atoms with van der Waals surface area (Å²) in [4.78, 5) is 17.3. The van der Waals surface area contributed by atoms with Crippen LogP contribution >= 0.6 is 15.5 Å². The Morgan fingerprint density at radius 1 is 1.58 bits per heavy atom. The molecule has 0 aromatic rings. The number of rotatable bonds is 2. The van der Waals surface area contributed by atoms with Crippen molar-refractivity contribution < 1.29 is 24.2 Å². The minimum Gasteiger partial charge on any atom is -0.368 e. The Hall–Kier alpha value is 0.500. The zero-order valence-electron chi connectivity index (χ0n) is 6.46. The average molecular weight is 214 g/mol. The van der Waals surface area contributed by atoms with Crippen LogP contribution in [-0.4, -0.2) is 46.0 Å². The summed E-state index contributed by atoms with van der Waals surface area (Å²) in [5.41, 5.74) is 0. The molecule has 0 spiro atoms. The number of aliphatic hydroxyl groups excluding tert-OH is 1. The molecule has 1 heterocycles. The third kappa shape index (κ3) is 3.94. The molecular weight excluding hydrogens is 202 g/mol. The van der Waals surface area contributed by atoms with Crippen molar-refractivity contribution in [3.63, 3.8) is 0 Å². The van der Waals surface area contributed by atoms with Crippen molar-refractivity contribution in [2.75, 3.05) is 24.8 Å². The van der Waals surface area contributed by atoms with Crippen LogP contribution in [0.15, 0.2) is 0 Å². The molecule has 1 aliphatic heterocycles. The summed E-state index contributed by atoms with van der Waals surface area (Å²) >= 11 is 0. The van der Waals surface area contributed by atoms with E-state index in [-0.39, 0.29) is 5.90 Å². The molecule has 72 valence electrons. The van der Waals surface area contributed by atoms with E-state index in [9.17, 15) is 4.57 Å². The molecule has 0 aliphatic carbocycles. The van der Waals surface area contributed by atoms with Crippen LogP contribution in [0.5, 0.6) is 0 Å². The molecule has 0 amide bonds. The summed E-state index contributed by atoms with van der Waals surface area (Å²) in [5, 5.41) is 9.02. The van der Waals surface area contributed by atoms with E-state index in [1.165, 1.54) is 0 Å². The second kappa shape index (κ2) is 4.14. The van der Waals surface area contributed by atoms with E-state index in [4.69, 9.17) is 19.6 Å². The second-order valence-electron chi connectivity index (χ2n) is 2.71. The van der Waals surface area contributed by atoms with Gasteiger partial charge in [0.1, 0.15) is 0 Å². The number of hydrogen-bond donors (Lipinski definition) is 3. The molecule has 1 aliphatic rings. The molecular formula is C5H12O5P2. The highest BCUT2D eigenvalue weighted by atomic mass is 31.2. The van der Waals surface area contributed by atoms with Crippen LogP contribution in [0.25, 0.3) is 0 Å². The average Bonchev–Trinajstić information content (AvgIpc) is 1.82. The third-order valence-electron chi connectivity index (χ3n) is 1.52. The highest BCUT2D eigenvalue weighted by Crippen LogP contribution is 2.52. The Morgan fingerprint density at radius 2 is 2.25 bits per heavy atom. The molecule has 3 N–H and O–H groups in total. The Morgan fingerprint density at radius 3 is 2.75 bits per heavy atom. The van der Waals surface area contributed by atoms with Crippen molar-refractivity contribution in [3.05, 3.63) is 0 Å². The minimum atomic E-state index is -3.90. The standard InChI is InChI=1S/C5H12O5P2/c6-5-3-11(2-1-10-5)4-12(7,8)9/h5-6H,1-4H2,(H2,7,8,9). The van der Waals surface area contributed by atoms with Crippen LogP contribution in [0, 0.1) is 0 Å². The number of hydrogen-bond acceptors (Lipinski definition) is 3. The van der Waals surface area contributed by atoms with Crippen LogP contribution < -0.4 is 0 Å². The van der Waals surface area contributed by atoms with Gasteiger partial charge in [0, 0.05) is 6.16 Å². The normalized spacial score (nSPS) is 31.9. The summed E-state index contributed by atoms with van der Waals surface area (Å²) in [7, 11) is -4.64. The lowest BCUT2D eigenvalue weighted by Gasteiger charge is -2.26. The molecule has 12 heavy (non-hydrogen) atoms. The van der Waals surface area contributed by atoms with Crippen LogP contribution in [0.1, 0.15) is 0 Å². The van der Waals surface area contributed by atoms with Crippen molar-refractivity contribution in [2.24, 2.45) is 0 Å². The molecule has 0 aromatic heterocycles. The molecule has 0 bridgehead atoms. The van der Waals surface area contributed by atoms with E-state index in [0.717, 1.165) is 0 Å². The van der Waals surface area contributed by atoms with E-state index >= 15 is 0 Å². The van der Waals surface area contributed by atoms with E-state index in [2.05, 4.69) is 0 Å². The summed E-state index contributed by atoms with van der Waals surface area (Å²) in [6.45, 7) is 0.410. The monoisotopic (exact) mass is 214 g/mol. The minimum absolute atomic E-state index is 0.0806. The molecule has 0 aromatic carbocycles. The quantitative estimate of drug-likeness (QED) is 0.561. The summed E-state index contributed by atoms with van der Waals surface area (Å²) in [6, 6.07) is 0. The Labute approximate surface area is 71.7 Å². The van der Waals surface area contributed by atoms with E-state index in [1.54, 1.807) is 0 Å². The fraction of sp³-hybridized carbons (Fsp3) is 1.00. The zero-order chi connectivity index (χ0) is 9.19. The van der Waals surface area contributed by atoms with Crippen molar-refractivity contribution in [1.29, 1.82) is 0 Å². The molecule has 1 saturated heterocycles. The first kappa shape index (κ1) is 10.6. The molecule has 0 radical (unpaired) electrons. The summed E-state index contributed by atoms with van der Waals surface area (Å²) < 4.78 is 15.4. The van der Waals surface area contributed by atoms with Gasteiger partial charge in [-0.1, -0.05) is 7.92 Å². The van der Waals surface area contributed by atoms with Gasteiger partial charge in [0.25, 0.3) is 0 Å². The Kier molecular flexibility index (Phi) is 3.65. The van der Waals surface area contributed by atoms with Crippen molar-refractivity contribution in [2.45, 2.75) is 6.29 Å². The predicted molar refractivity (Wildman–Crippen MR) is 45.5 cm³/mol. The topological polar surface area (TPSA) is 87.0 Å². The van der Waals surface area contributed by atoms with Gasteiger partial charge in [-0.2, -0.15) is 0 Å². The maximum atomic E-state index is 10.6. The van der Waals surface area contributed by atoms with Crippen LogP contribution in [0.4, 0.5) is 0 Å². The van der Waals surface area contributed by atoms with E-state index in [1.807, 2.05) is 0 Å². The van der Waals surface area contributed by atoms with Gasteiger partial charge in [0.2, 0.25) is 0 Å². The van der Waals surface area contributed by atoms with Gasteiger partial charge in [-0.05, 0) is 6.16 Å². The molecule has 0 saturated carbocycles. The smallest absolute Gasteiger partial charge is 0.329 e. The molecule has 1 fully saturated rings. The lowest BCUT2D eigenvalue weighted by Crippen LogP contribution is -2.24. The highest BCUT2D eigenvalue weighted by molar-refractivity contribution is 7.72. The van der Waals surface area contributed by atoms with Crippen molar-refractivity contribution >= 4 is 15.5 Å². The molecule has 2 atom stereocenters. The molecule has 7 heteroatoms. The fourth-order valence-corrected chi connectivity index (χ4v) is 5.28. The first-order valence-electron chi connectivity index (χ1n) is 3.54. The largest absolute Gasteiger partial charge is 0.368 e. The maximum absolute atomic E-state index is 10.6. The van der Waals surface area contributed by atoms with Crippen LogP contribution in [0.3, 0.4) is 0 Å². The lowest BCUT2D eigenvalue weighted by molar-refractivity contribution is -0.0813. The molecule has 2 unspecified atom stereocenters. The summed E-state index contributed by atoms with van der Waals surface area (Å²) in [6.07, 6.45) is 0.245. The third-order valence-corrected chi connectivity index (χ3v) is 6.23. The first-order valence-corrected chi connectivity index (χ1v) is 7.23. The second-order valence-corrected chi connectivity index (χ2v) is 7.32. The fourth-order valence-electron chi connectivity index (χ4n) is 1.07.